The molecular weight excluding hydrogens is 481 g/mol. The minimum Gasteiger partial charge on any atom is -0.356 e. The fourth-order valence-corrected chi connectivity index (χ4v) is 2.67. The Morgan fingerprint density at radius 3 is 2.45 bits per heavy atom. The van der Waals surface area contributed by atoms with Gasteiger partial charge in [-0.05, 0) is 30.2 Å². The fourth-order valence-electron chi connectivity index (χ4n) is 2.67. The predicted octanol–water partition coefficient (Wildman–Crippen LogP) is 2.95. The third kappa shape index (κ3) is 6.84. The summed E-state index contributed by atoms with van der Waals surface area (Å²) in [4.78, 5) is 8.62. The number of rotatable bonds is 8. The summed E-state index contributed by atoms with van der Waals surface area (Å²) in [5.41, 5.74) is 2.31. The van der Waals surface area contributed by atoms with Crippen LogP contribution in [0.2, 0.25) is 0 Å². The van der Waals surface area contributed by atoms with E-state index < -0.39 is 0 Å². The molecule has 0 atom stereocenters. The van der Waals surface area contributed by atoms with E-state index in [2.05, 4.69) is 55.1 Å². The van der Waals surface area contributed by atoms with Crippen molar-refractivity contribution in [3.05, 3.63) is 60.0 Å². The first kappa shape index (κ1) is 22.9. The number of guanidine groups is 1. The molecule has 0 aliphatic carbocycles. The standard InChI is InChI=1S/C20H27N7O.HI/c1-15(2)19-25-18(28-26-19)10-13-23-20(21-3)22-12-9-16-5-7-17(8-6-16)27-14-4-11-24-27;/h4-8,11,14-15H,9-10,12-13H2,1-3H3,(H2,21,22,23);1H. The van der Waals surface area contributed by atoms with Gasteiger partial charge in [-0.25, -0.2) is 4.68 Å². The molecule has 0 saturated carbocycles. The Hall–Kier alpha value is -2.43. The van der Waals surface area contributed by atoms with E-state index in [4.69, 9.17) is 4.52 Å². The van der Waals surface area contributed by atoms with Crippen LogP contribution in [0.15, 0.2) is 52.2 Å². The van der Waals surface area contributed by atoms with Crippen LogP contribution in [0.1, 0.15) is 37.0 Å². The number of hydrogen-bond donors (Lipinski definition) is 2. The number of benzene rings is 1. The Balaban J connectivity index is 0.00000300. The molecule has 0 spiro atoms. The van der Waals surface area contributed by atoms with Crippen molar-refractivity contribution in [2.75, 3.05) is 20.1 Å². The number of aromatic nitrogens is 4. The van der Waals surface area contributed by atoms with Crippen LogP contribution in [0, 0.1) is 0 Å². The van der Waals surface area contributed by atoms with Crippen LogP contribution < -0.4 is 10.6 Å². The summed E-state index contributed by atoms with van der Waals surface area (Å²) in [6.07, 6.45) is 5.28. The zero-order valence-electron chi connectivity index (χ0n) is 17.0. The van der Waals surface area contributed by atoms with Gasteiger partial charge in [0.1, 0.15) is 0 Å². The van der Waals surface area contributed by atoms with Gasteiger partial charge < -0.3 is 15.2 Å². The van der Waals surface area contributed by atoms with Crippen LogP contribution in [0.3, 0.4) is 0 Å². The molecule has 2 N–H and O–H groups in total. The van der Waals surface area contributed by atoms with Crippen molar-refractivity contribution in [2.24, 2.45) is 4.99 Å². The Labute approximate surface area is 188 Å². The van der Waals surface area contributed by atoms with Gasteiger partial charge in [0.2, 0.25) is 5.89 Å². The highest BCUT2D eigenvalue weighted by Crippen LogP contribution is 2.10. The molecule has 0 saturated heterocycles. The van der Waals surface area contributed by atoms with Crippen LogP contribution in [0.4, 0.5) is 0 Å². The second kappa shape index (κ2) is 11.5. The van der Waals surface area contributed by atoms with Crippen molar-refractivity contribution in [1.82, 2.24) is 30.6 Å². The minimum atomic E-state index is 0. The van der Waals surface area contributed by atoms with Gasteiger partial charge in [0.25, 0.3) is 0 Å². The van der Waals surface area contributed by atoms with Gasteiger partial charge in [-0.3, -0.25) is 4.99 Å². The maximum absolute atomic E-state index is 5.25. The molecule has 2 aromatic heterocycles. The van der Waals surface area contributed by atoms with E-state index in [1.54, 1.807) is 13.2 Å². The lowest BCUT2D eigenvalue weighted by Gasteiger charge is -2.11. The smallest absolute Gasteiger partial charge is 0.228 e. The van der Waals surface area contributed by atoms with Crippen LogP contribution in [0.25, 0.3) is 5.69 Å². The zero-order chi connectivity index (χ0) is 19.8. The Morgan fingerprint density at radius 1 is 1.14 bits per heavy atom. The largest absolute Gasteiger partial charge is 0.356 e. The third-order valence-electron chi connectivity index (χ3n) is 4.27. The molecular formula is C20H28IN7O. The molecule has 3 aromatic rings. The third-order valence-corrected chi connectivity index (χ3v) is 4.27. The van der Waals surface area contributed by atoms with Gasteiger partial charge in [-0.15, -0.1) is 24.0 Å². The van der Waals surface area contributed by atoms with Crippen molar-refractivity contribution >= 4 is 29.9 Å². The predicted molar refractivity (Wildman–Crippen MR) is 124 cm³/mol. The van der Waals surface area contributed by atoms with E-state index in [0.717, 1.165) is 30.4 Å². The fraction of sp³-hybridized carbons (Fsp3) is 0.400. The van der Waals surface area contributed by atoms with Crippen molar-refractivity contribution in [3.8, 4) is 5.69 Å². The SMILES string of the molecule is CN=C(NCCc1ccc(-n2cccn2)cc1)NCCc1nc(C(C)C)no1.I. The minimum absolute atomic E-state index is 0. The maximum atomic E-state index is 5.25. The van der Waals surface area contributed by atoms with E-state index in [1.165, 1.54) is 5.56 Å². The van der Waals surface area contributed by atoms with E-state index >= 15 is 0 Å². The van der Waals surface area contributed by atoms with Crippen molar-refractivity contribution in [1.29, 1.82) is 0 Å². The van der Waals surface area contributed by atoms with Gasteiger partial charge in [0.15, 0.2) is 11.8 Å². The van der Waals surface area contributed by atoms with Gasteiger partial charge >= 0.3 is 0 Å². The molecule has 0 aliphatic heterocycles. The first-order valence-electron chi connectivity index (χ1n) is 9.51. The highest BCUT2D eigenvalue weighted by molar-refractivity contribution is 14.0. The first-order valence-corrected chi connectivity index (χ1v) is 9.51. The first-order chi connectivity index (χ1) is 13.7. The quantitative estimate of drug-likeness (QED) is 0.276. The average molecular weight is 509 g/mol. The normalized spacial score (nSPS) is 11.4. The topological polar surface area (TPSA) is 93.2 Å². The lowest BCUT2D eigenvalue weighted by atomic mass is 10.1. The van der Waals surface area contributed by atoms with Gasteiger partial charge in [-0.2, -0.15) is 10.1 Å². The molecule has 3 rings (SSSR count). The summed E-state index contributed by atoms with van der Waals surface area (Å²) in [5.74, 6) is 2.42. The molecule has 8 nitrogen and oxygen atoms in total. The van der Waals surface area contributed by atoms with E-state index in [1.807, 2.05) is 30.8 Å². The highest BCUT2D eigenvalue weighted by Gasteiger charge is 2.09. The molecule has 0 fully saturated rings. The Bertz CT molecular complexity index is 873. The van der Waals surface area contributed by atoms with Gasteiger partial charge in [0, 0.05) is 44.9 Å². The summed E-state index contributed by atoms with van der Waals surface area (Å²) in [6.45, 7) is 5.56. The molecule has 0 amide bonds. The molecule has 1 aromatic carbocycles. The average Bonchev–Trinajstić information content (AvgIpc) is 3.39. The Kier molecular flexibility index (Phi) is 9.10. The summed E-state index contributed by atoms with van der Waals surface area (Å²) in [5, 5.41) is 14.8. The summed E-state index contributed by atoms with van der Waals surface area (Å²) >= 11 is 0. The molecule has 9 heteroatoms. The van der Waals surface area contributed by atoms with E-state index in [0.29, 0.717) is 18.9 Å². The monoisotopic (exact) mass is 509 g/mol. The highest BCUT2D eigenvalue weighted by atomic mass is 127. The van der Waals surface area contributed by atoms with E-state index in [-0.39, 0.29) is 29.9 Å². The van der Waals surface area contributed by atoms with Crippen molar-refractivity contribution in [2.45, 2.75) is 32.6 Å². The number of hydrogen-bond acceptors (Lipinski definition) is 5. The van der Waals surface area contributed by atoms with Crippen LogP contribution >= 0.6 is 24.0 Å². The molecule has 0 aliphatic rings. The molecule has 0 unspecified atom stereocenters. The van der Waals surface area contributed by atoms with Gasteiger partial charge in [0.05, 0.1) is 5.69 Å². The lowest BCUT2D eigenvalue weighted by Crippen LogP contribution is -2.39. The number of nitrogens with one attached hydrogen (secondary N) is 2. The number of halogens is 1. The zero-order valence-corrected chi connectivity index (χ0v) is 19.3. The summed E-state index contributed by atoms with van der Waals surface area (Å²) < 4.78 is 7.10. The lowest BCUT2D eigenvalue weighted by molar-refractivity contribution is 0.371. The van der Waals surface area contributed by atoms with Crippen LogP contribution in [0.5, 0.6) is 0 Å². The summed E-state index contributed by atoms with van der Waals surface area (Å²) in [6, 6.07) is 10.3. The maximum Gasteiger partial charge on any atom is 0.228 e. The van der Waals surface area contributed by atoms with E-state index in [9.17, 15) is 0 Å². The molecule has 29 heavy (non-hydrogen) atoms. The van der Waals surface area contributed by atoms with Gasteiger partial charge in [-0.1, -0.05) is 31.1 Å². The van der Waals surface area contributed by atoms with Crippen LogP contribution in [-0.2, 0) is 12.8 Å². The second-order valence-electron chi connectivity index (χ2n) is 6.74. The van der Waals surface area contributed by atoms with Crippen molar-refractivity contribution in [3.63, 3.8) is 0 Å². The molecule has 156 valence electrons. The molecule has 0 radical (unpaired) electrons. The molecule has 0 bridgehead atoms. The second-order valence-corrected chi connectivity index (χ2v) is 6.74. The number of aliphatic imine (C=N–C) groups is 1. The number of nitrogens with zero attached hydrogens (tertiary/aromatic N) is 5. The van der Waals surface area contributed by atoms with Crippen molar-refractivity contribution < 1.29 is 4.52 Å². The Morgan fingerprint density at radius 2 is 1.86 bits per heavy atom. The summed E-state index contributed by atoms with van der Waals surface area (Å²) in [7, 11) is 1.76. The molecule has 2 heterocycles. The van der Waals surface area contributed by atoms with Crippen LogP contribution in [-0.4, -0.2) is 46.0 Å².